The van der Waals surface area contributed by atoms with Crippen LogP contribution in [0.3, 0.4) is 0 Å². The van der Waals surface area contributed by atoms with Gasteiger partial charge in [0.15, 0.2) is 0 Å². The molecule has 1 aliphatic carbocycles. The molecule has 0 aliphatic heterocycles. The fourth-order valence-corrected chi connectivity index (χ4v) is 2.01. The Morgan fingerprint density at radius 2 is 2.10 bits per heavy atom. The Bertz CT molecular complexity index is 570. The minimum Gasteiger partial charge on any atom is -0.302 e. The van der Waals surface area contributed by atoms with Gasteiger partial charge >= 0.3 is 6.18 Å². The first kappa shape index (κ1) is 15.0. The van der Waals surface area contributed by atoms with Crippen LogP contribution in [0.2, 0.25) is 0 Å². The lowest BCUT2D eigenvalue weighted by molar-refractivity contribution is -0.174. The summed E-state index contributed by atoms with van der Waals surface area (Å²) in [7, 11) is 0. The van der Waals surface area contributed by atoms with Gasteiger partial charge in [-0.25, -0.2) is 0 Å². The molecule has 0 bridgehead atoms. The molecule has 0 fully saturated rings. The van der Waals surface area contributed by atoms with Gasteiger partial charge in [-0.1, -0.05) is 6.08 Å². The van der Waals surface area contributed by atoms with Crippen LogP contribution in [0.5, 0.6) is 0 Å². The van der Waals surface area contributed by atoms with Gasteiger partial charge in [-0.05, 0) is 25.0 Å². The van der Waals surface area contributed by atoms with Gasteiger partial charge in [0.1, 0.15) is 0 Å². The molecule has 2 rings (SSSR count). The Labute approximate surface area is 118 Å². The highest BCUT2D eigenvalue weighted by atomic mass is 19.4. The lowest BCUT2D eigenvalue weighted by Gasteiger charge is -2.17. The molecule has 112 valence electrons. The molecule has 21 heavy (non-hydrogen) atoms. The maximum absolute atomic E-state index is 12.4. The summed E-state index contributed by atoms with van der Waals surface area (Å²) in [5, 5.41) is 0. The third-order valence-electron chi connectivity index (χ3n) is 3.03. The molecule has 0 saturated heterocycles. The van der Waals surface area contributed by atoms with Gasteiger partial charge in [-0.3, -0.25) is 20.0 Å². The molecule has 0 unspecified atom stereocenters. The summed E-state index contributed by atoms with van der Waals surface area (Å²) in [4.78, 5) is 26.7. The topological polar surface area (TPSA) is 71.1 Å². The molecule has 1 heterocycles. The minimum absolute atomic E-state index is 0.0644. The summed E-state index contributed by atoms with van der Waals surface area (Å²) < 4.78 is 37.3. The van der Waals surface area contributed by atoms with E-state index >= 15 is 0 Å². The molecule has 1 aliphatic rings. The lowest BCUT2D eigenvalue weighted by atomic mass is 10.0. The minimum atomic E-state index is -4.89. The third kappa shape index (κ3) is 3.59. The van der Waals surface area contributed by atoms with Crippen LogP contribution in [-0.4, -0.2) is 22.9 Å². The number of carbonyl (C=O) groups is 2. The maximum atomic E-state index is 12.4. The van der Waals surface area contributed by atoms with Crippen LogP contribution >= 0.6 is 0 Å². The van der Waals surface area contributed by atoms with Gasteiger partial charge in [-0.15, -0.1) is 0 Å². The fraction of sp³-hybridized carbons (Fsp3) is 0.308. The van der Waals surface area contributed by atoms with Crippen molar-refractivity contribution < 1.29 is 22.8 Å². The zero-order chi connectivity index (χ0) is 15.5. The average molecular weight is 299 g/mol. The number of hydrazine groups is 1. The number of Topliss-reactive ketones (excluding diaryl/α,β-unsaturated/α-hetero) is 1. The number of rotatable bonds is 4. The maximum Gasteiger partial charge on any atom is 0.450 e. The van der Waals surface area contributed by atoms with Gasteiger partial charge in [0.05, 0.1) is 11.5 Å². The molecule has 1 aromatic heterocycles. The molecule has 1 amide bonds. The number of amides is 1. The van der Waals surface area contributed by atoms with Crippen molar-refractivity contribution in [1.82, 2.24) is 15.8 Å². The van der Waals surface area contributed by atoms with E-state index in [-0.39, 0.29) is 17.7 Å². The summed E-state index contributed by atoms with van der Waals surface area (Å²) in [6.07, 6.45) is -0.192. The first-order valence-corrected chi connectivity index (χ1v) is 6.17. The number of allylic oxidation sites excluding steroid dienone is 2. The number of carbonyl (C=O) groups excluding carboxylic acids is 2. The molecule has 0 saturated carbocycles. The van der Waals surface area contributed by atoms with E-state index in [0.29, 0.717) is 6.42 Å². The second kappa shape index (κ2) is 5.94. The van der Waals surface area contributed by atoms with Crippen LogP contribution in [0.25, 0.3) is 0 Å². The summed E-state index contributed by atoms with van der Waals surface area (Å²) in [5.41, 5.74) is 4.97. The quantitative estimate of drug-likeness (QED) is 0.831. The number of nitrogens with one attached hydrogen (secondary N) is 2. The first-order valence-electron chi connectivity index (χ1n) is 6.17. The predicted molar refractivity (Wildman–Crippen MR) is 66.7 cm³/mol. The fourth-order valence-electron chi connectivity index (χ4n) is 2.01. The second-order valence-electron chi connectivity index (χ2n) is 4.47. The molecular weight excluding hydrogens is 287 g/mol. The summed E-state index contributed by atoms with van der Waals surface area (Å²) in [5.74, 6) is -3.65. The molecule has 0 radical (unpaired) electrons. The molecule has 2 N–H and O–H groups in total. The lowest BCUT2D eigenvalue weighted by Crippen LogP contribution is -2.41. The number of hydrogen-bond donors (Lipinski definition) is 2. The molecule has 1 atom stereocenters. The number of aromatic nitrogens is 1. The van der Waals surface area contributed by atoms with Crippen LogP contribution in [0.15, 0.2) is 36.3 Å². The number of pyridine rings is 1. The van der Waals surface area contributed by atoms with E-state index in [0.717, 1.165) is 0 Å². The molecular formula is C13H12F3N3O2. The predicted octanol–water partition coefficient (Wildman–Crippen LogP) is 1.74. The Morgan fingerprint density at radius 1 is 1.33 bits per heavy atom. The summed E-state index contributed by atoms with van der Waals surface area (Å²) >= 11 is 0. The number of nitrogens with zero attached hydrogens (tertiary/aromatic N) is 1. The van der Waals surface area contributed by atoms with E-state index in [4.69, 9.17) is 0 Å². The summed E-state index contributed by atoms with van der Waals surface area (Å²) in [6, 6.07) is 3.06. The van der Waals surface area contributed by atoms with Crippen LogP contribution < -0.4 is 10.9 Å². The van der Waals surface area contributed by atoms with E-state index in [1.165, 1.54) is 24.5 Å². The number of ketones is 1. The van der Waals surface area contributed by atoms with Crippen molar-refractivity contribution >= 4 is 11.7 Å². The van der Waals surface area contributed by atoms with E-state index in [1.807, 2.05) is 0 Å². The first-order chi connectivity index (χ1) is 9.89. The highest BCUT2D eigenvalue weighted by molar-refractivity contribution is 5.94. The Morgan fingerprint density at radius 3 is 2.71 bits per heavy atom. The van der Waals surface area contributed by atoms with Crippen molar-refractivity contribution in [3.8, 4) is 0 Å². The number of halogens is 3. The van der Waals surface area contributed by atoms with Crippen LogP contribution in [0, 0.1) is 5.92 Å². The van der Waals surface area contributed by atoms with Crippen LogP contribution in [-0.2, 0) is 4.79 Å². The van der Waals surface area contributed by atoms with E-state index in [2.05, 4.69) is 15.8 Å². The van der Waals surface area contributed by atoms with Crippen LogP contribution in [0.1, 0.15) is 23.2 Å². The smallest absolute Gasteiger partial charge is 0.302 e. The Kier molecular flexibility index (Phi) is 4.25. The van der Waals surface area contributed by atoms with Crippen molar-refractivity contribution in [2.75, 3.05) is 0 Å². The van der Waals surface area contributed by atoms with Gasteiger partial charge < -0.3 is 5.43 Å². The highest BCUT2D eigenvalue weighted by Crippen LogP contribution is 2.31. The molecule has 8 heteroatoms. The third-order valence-corrected chi connectivity index (χ3v) is 3.03. The van der Waals surface area contributed by atoms with Gasteiger partial charge in [0, 0.05) is 18.1 Å². The highest BCUT2D eigenvalue weighted by Gasteiger charge is 2.45. The van der Waals surface area contributed by atoms with Crippen molar-refractivity contribution in [3.05, 3.63) is 41.9 Å². The number of alkyl halides is 3. The van der Waals surface area contributed by atoms with Crippen molar-refractivity contribution in [2.45, 2.75) is 19.0 Å². The van der Waals surface area contributed by atoms with Crippen LogP contribution in [0.4, 0.5) is 13.2 Å². The van der Waals surface area contributed by atoms with Gasteiger partial charge in [0.25, 0.3) is 5.91 Å². The average Bonchev–Trinajstić information content (AvgIpc) is 2.92. The molecule has 5 nitrogen and oxygen atoms in total. The zero-order valence-corrected chi connectivity index (χ0v) is 10.8. The molecule has 0 aromatic carbocycles. The monoisotopic (exact) mass is 299 g/mol. The second-order valence-corrected chi connectivity index (χ2v) is 4.47. The van der Waals surface area contributed by atoms with Crippen molar-refractivity contribution in [1.29, 1.82) is 0 Å². The zero-order valence-electron chi connectivity index (χ0n) is 10.8. The van der Waals surface area contributed by atoms with Gasteiger partial charge in [-0.2, -0.15) is 13.2 Å². The van der Waals surface area contributed by atoms with Crippen molar-refractivity contribution in [3.63, 3.8) is 0 Å². The summed E-state index contributed by atoms with van der Waals surface area (Å²) in [6.45, 7) is 0. The van der Waals surface area contributed by atoms with Gasteiger partial charge in [0.2, 0.25) is 5.78 Å². The largest absolute Gasteiger partial charge is 0.450 e. The molecule has 1 aromatic rings. The number of hydrogen-bond acceptors (Lipinski definition) is 4. The van der Waals surface area contributed by atoms with E-state index < -0.39 is 23.8 Å². The normalized spacial score (nSPS) is 18.0. The Hall–Kier alpha value is -2.38. The standard InChI is InChI=1S/C13H12F3N3O2/c14-13(15,16)11(20)9-4-1-5-10(9)18-19-12(21)8-3-2-6-17-7-8/h2-3,5-7,9,18H,1,4H2,(H,19,21)/t9-/m1/s1. The van der Waals surface area contributed by atoms with Crippen molar-refractivity contribution in [2.24, 2.45) is 5.92 Å². The van der Waals surface area contributed by atoms with E-state index in [1.54, 1.807) is 6.07 Å². The SMILES string of the molecule is O=C(NNC1=CCC[C@H]1C(=O)C(F)(F)F)c1cccnc1. The Balaban J connectivity index is 1.97. The molecule has 0 spiro atoms. The van der Waals surface area contributed by atoms with E-state index in [9.17, 15) is 22.8 Å².